The highest BCUT2D eigenvalue weighted by molar-refractivity contribution is 7.89. The molecule has 0 atom stereocenters. The van der Waals surface area contributed by atoms with Crippen molar-refractivity contribution < 1.29 is 17.9 Å². The van der Waals surface area contributed by atoms with Crippen LogP contribution in [0.2, 0.25) is 0 Å². The van der Waals surface area contributed by atoms with Crippen molar-refractivity contribution in [2.75, 3.05) is 11.9 Å². The zero-order valence-corrected chi connectivity index (χ0v) is 17.1. The predicted molar refractivity (Wildman–Crippen MR) is 112 cm³/mol. The fraction of sp³-hybridized carbons (Fsp3) is 0.318. The van der Waals surface area contributed by atoms with Gasteiger partial charge in [0.05, 0.1) is 11.5 Å². The van der Waals surface area contributed by atoms with E-state index in [2.05, 4.69) is 10.0 Å². The molecule has 1 aliphatic heterocycles. The van der Waals surface area contributed by atoms with Crippen molar-refractivity contribution in [3.8, 4) is 5.75 Å². The first-order valence-electron chi connectivity index (χ1n) is 9.87. The monoisotopic (exact) mass is 412 g/mol. The number of fused-ring (bicyclic) bond motifs is 1. The summed E-state index contributed by atoms with van der Waals surface area (Å²) in [4.78, 5) is 12.6. The minimum Gasteiger partial charge on any atom is -0.494 e. The van der Waals surface area contributed by atoms with Crippen molar-refractivity contribution in [1.29, 1.82) is 0 Å². The summed E-state index contributed by atoms with van der Waals surface area (Å²) >= 11 is 0. The van der Waals surface area contributed by atoms with Crippen LogP contribution >= 0.6 is 0 Å². The standard InChI is InChI=1S/C22H24N2O4S/c1-2-28-17-9-7-15(8-10-17)14-23-29(26,27)18-11-12-20-19(13-18)21(22(25)24-20)16-5-3-4-6-16/h7-13,23H,2-6,14H2,1H3,(H,24,25). The van der Waals surface area contributed by atoms with Gasteiger partial charge in [-0.2, -0.15) is 0 Å². The third-order valence-corrected chi connectivity index (χ3v) is 6.71. The van der Waals surface area contributed by atoms with Crippen LogP contribution in [-0.2, 0) is 21.4 Å². The molecular weight excluding hydrogens is 388 g/mol. The van der Waals surface area contributed by atoms with Gasteiger partial charge in [-0.3, -0.25) is 4.79 Å². The zero-order valence-electron chi connectivity index (χ0n) is 16.3. The molecule has 1 saturated carbocycles. The van der Waals surface area contributed by atoms with Crippen LogP contribution < -0.4 is 14.8 Å². The smallest absolute Gasteiger partial charge is 0.256 e. The van der Waals surface area contributed by atoms with Crippen LogP contribution in [0.15, 0.2) is 52.9 Å². The Morgan fingerprint density at radius 2 is 1.79 bits per heavy atom. The summed E-state index contributed by atoms with van der Waals surface area (Å²) in [7, 11) is -3.71. The highest BCUT2D eigenvalue weighted by atomic mass is 32.2. The van der Waals surface area contributed by atoms with Crippen molar-refractivity contribution in [2.24, 2.45) is 0 Å². The number of rotatable bonds is 6. The Balaban J connectivity index is 1.55. The van der Waals surface area contributed by atoms with Crippen LogP contribution in [0.3, 0.4) is 0 Å². The summed E-state index contributed by atoms with van der Waals surface area (Å²) in [6.07, 6.45) is 3.94. The fourth-order valence-corrected chi connectivity index (χ4v) is 4.89. The topological polar surface area (TPSA) is 84.5 Å². The van der Waals surface area contributed by atoms with E-state index in [1.54, 1.807) is 12.1 Å². The number of carbonyl (C=O) groups excluding carboxylic acids is 1. The Kier molecular flexibility index (Phi) is 5.43. The van der Waals surface area contributed by atoms with Gasteiger partial charge in [-0.1, -0.05) is 17.7 Å². The second-order valence-electron chi connectivity index (χ2n) is 7.25. The zero-order chi connectivity index (χ0) is 20.4. The Labute approximate surface area is 171 Å². The predicted octanol–water partition coefficient (Wildman–Crippen LogP) is 3.84. The number of allylic oxidation sites excluding steroid dienone is 1. The maximum Gasteiger partial charge on any atom is 0.256 e. The molecule has 0 aromatic heterocycles. The van der Waals surface area contributed by atoms with Crippen LogP contribution in [0.5, 0.6) is 5.75 Å². The number of anilines is 1. The minimum absolute atomic E-state index is 0.131. The van der Waals surface area contributed by atoms with E-state index in [4.69, 9.17) is 4.74 Å². The molecule has 2 aromatic carbocycles. The maximum absolute atomic E-state index is 12.8. The summed E-state index contributed by atoms with van der Waals surface area (Å²) in [5, 5.41) is 2.85. The number of sulfonamides is 1. The van der Waals surface area contributed by atoms with Gasteiger partial charge in [-0.25, -0.2) is 13.1 Å². The summed E-state index contributed by atoms with van der Waals surface area (Å²) < 4.78 is 33.7. The lowest BCUT2D eigenvalue weighted by molar-refractivity contribution is -0.110. The molecule has 1 fully saturated rings. The van der Waals surface area contributed by atoms with Gasteiger partial charge in [0.2, 0.25) is 10.0 Å². The summed E-state index contributed by atoms with van der Waals surface area (Å²) in [5.74, 6) is 0.621. The van der Waals surface area contributed by atoms with Gasteiger partial charge in [0.1, 0.15) is 5.75 Å². The van der Waals surface area contributed by atoms with E-state index in [0.717, 1.165) is 42.6 Å². The van der Waals surface area contributed by atoms with E-state index in [9.17, 15) is 13.2 Å². The Morgan fingerprint density at radius 1 is 1.07 bits per heavy atom. The average Bonchev–Trinajstić information content (AvgIpc) is 3.33. The largest absolute Gasteiger partial charge is 0.494 e. The molecule has 2 aromatic rings. The fourth-order valence-electron chi connectivity index (χ4n) is 3.85. The van der Waals surface area contributed by atoms with Gasteiger partial charge in [0, 0.05) is 23.4 Å². The average molecular weight is 413 g/mol. The normalized spacial score (nSPS) is 16.1. The lowest BCUT2D eigenvalue weighted by atomic mass is 10.00. The third-order valence-electron chi connectivity index (χ3n) is 5.31. The first-order valence-corrected chi connectivity index (χ1v) is 11.4. The number of carbonyl (C=O) groups is 1. The SMILES string of the molecule is CCOc1ccc(CNS(=O)(=O)c2ccc3c(c2)C(=C2CCCC2)C(=O)N3)cc1. The quantitative estimate of drug-likeness (QED) is 0.706. The van der Waals surface area contributed by atoms with Crippen molar-refractivity contribution in [3.05, 3.63) is 59.2 Å². The molecule has 2 aliphatic rings. The maximum atomic E-state index is 12.8. The van der Waals surface area contributed by atoms with Crippen LogP contribution in [0, 0.1) is 0 Å². The van der Waals surface area contributed by atoms with E-state index in [-0.39, 0.29) is 17.3 Å². The van der Waals surface area contributed by atoms with E-state index in [1.807, 2.05) is 31.2 Å². The van der Waals surface area contributed by atoms with E-state index in [0.29, 0.717) is 23.4 Å². The van der Waals surface area contributed by atoms with Crippen molar-refractivity contribution in [2.45, 2.75) is 44.0 Å². The molecule has 0 saturated heterocycles. The lowest BCUT2D eigenvalue weighted by Gasteiger charge is -2.10. The Bertz CT molecular complexity index is 1060. The van der Waals surface area contributed by atoms with E-state index >= 15 is 0 Å². The molecule has 1 heterocycles. The summed E-state index contributed by atoms with van der Waals surface area (Å²) in [6, 6.07) is 12.1. The van der Waals surface area contributed by atoms with Crippen molar-refractivity contribution in [3.63, 3.8) is 0 Å². The molecule has 1 amide bonds. The second kappa shape index (κ2) is 8.00. The highest BCUT2D eigenvalue weighted by Gasteiger charge is 2.30. The molecule has 0 spiro atoms. The molecular formula is C22H24N2O4S. The van der Waals surface area contributed by atoms with Crippen LogP contribution in [0.4, 0.5) is 5.69 Å². The minimum atomic E-state index is -3.71. The van der Waals surface area contributed by atoms with Gasteiger partial charge in [0.25, 0.3) is 5.91 Å². The number of ether oxygens (including phenoxy) is 1. The number of hydrogen-bond donors (Lipinski definition) is 2. The number of hydrogen-bond acceptors (Lipinski definition) is 4. The number of benzene rings is 2. The Hall–Kier alpha value is -2.64. The molecule has 152 valence electrons. The molecule has 0 bridgehead atoms. The molecule has 7 heteroatoms. The molecule has 6 nitrogen and oxygen atoms in total. The van der Waals surface area contributed by atoms with Crippen molar-refractivity contribution in [1.82, 2.24) is 4.72 Å². The first-order chi connectivity index (χ1) is 14.0. The molecule has 4 rings (SSSR count). The number of amides is 1. The molecule has 29 heavy (non-hydrogen) atoms. The number of nitrogens with one attached hydrogen (secondary N) is 2. The van der Waals surface area contributed by atoms with E-state index < -0.39 is 10.0 Å². The van der Waals surface area contributed by atoms with Crippen LogP contribution in [-0.4, -0.2) is 20.9 Å². The van der Waals surface area contributed by atoms with E-state index in [1.165, 1.54) is 6.07 Å². The third kappa shape index (κ3) is 4.06. The van der Waals surface area contributed by atoms with Crippen molar-refractivity contribution >= 4 is 27.2 Å². The second-order valence-corrected chi connectivity index (χ2v) is 9.02. The highest BCUT2D eigenvalue weighted by Crippen LogP contribution is 2.40. The van der Waals surface area contributed by atoms with Crippen LogP contribution in [0.25, 0.3) is 5.57 Å². The molecule has 0 unspecified atom stereocenters. The van der Waals surface area contributed by atoms with Gasteiger partial charge in [-0.15, -0.1) is 0 Å². The molecule has 0 radical (unpaired) electrons. The summed E-state index contributed by atoms with van der Waals surface area (Å²) in [6.45, 7) is 2.67. The molecule has 2 N–H and O–H groups in total. The van der Waals surface area contributed by atoms with Crippen LogP contribution in [0.1, 0.15) is 43.7 Å². The van der Waals surface area contributed by atoms with Gasteiger partial charge >= 0.3 is 0 Å². The van der Waals surface area contributed by atoms with Gasteiger partial charge in [-0.05, 0) is 68.5 Å². The Morgan fingerprint density at radius 3 is 2.48 bits per heavy atom. The summed E-state index contributed by atoms with van der Waals surface area (Å²) in [5.41, 5.74) is 3.98. The van der Waals surface area contributed by atoms with Gasteiger partial charge < -0.3 is 10.1 Å². The lowest BCUT2D eigenvalue weighted by Crippen LogP contribution is -2.23. The van der Waals surface area contributed by atoms with Gasteiger partial charge in [0.15, 0.2) is 0 Å². The molecule has 1 aliphatic carbocycles. The first kappa shape index (κ1) is 19.7.